The molecule has 0 aliphatic heterocycles. The Bertz CT molecular complexity index is 794. The van der Waals surface area contributed by atoms with Gasteiger partial charge in [-0.1, -0.05) is 18.2 Å². The van der Waals surface area contributed by atoms with E-state index in [4.69, 9.17) is 9.84 Å². The summed E-state index contributed by atoms with van der Waals surface area (Å²) in [5.74, 6) is 0.566. The molecule has 106 valence electrons. The van der Waals surface area contributed by atoms with Gasteiger partial charge in [-0.2, -0.15) is 0 Å². The van der Waals surface area contributed by atoms with E-state index in [1.165, 1.54) is 0 Å². The van der Waals surface area contributed by atoms with Crippen LogP contribution in [0.25, 0.3) is 11.0 Å². The van der Waals surface area contributed by atoms with Crippen molar-refractivity contribution < 1.29 is 14.6 Å². The van der Waals surface area contributed by atoms with Crippen LogP contribution < -0.4 is 4.74 Å². The Morgan fingerprint density at radius 1 is 1.24 bits per heavy atom. The Balaban J connectivity index is 1.89. The predicted octanol–water partition coefficient (Wildman–Crippen LogP) is 2.85. The van der Waals surface area contributed by atoms with Gasteiger partial charge in [-0.25, -0.2) is 9.78 Å². The molecule has 1 heterocycles. The number of carboxylic acids is 1. The molecule has 0 fully saturated rings. The van der Waals surface area contributed by atoms with Crippen molar-refractivity contribution in [2.75, 3.05) is 0 Å². The van der Waals surface area contributed by atoms with Crippen molar-refractivity contribution in [3.63, 3.8) is 0 Å². The highest BCUT2D eigenvalue weighted by molar-refractivity contribution is 5.92. The van der Waals surface area contributed by atoms with Crippen molar-refractivity contribution in [2.45, 2.75) is 6.61 Å². The SMILES string of the molecule is Cn1c(COc2ccccc2)nc2cc(C(=O)O)ccc21. The Morgan fingerprint density at radius 2 is 2.00 bits per heavy atom. The number of aryl methyl sites for hydroxylation is 1. The minimum Gasteiger partial charge on any atom is -0.486 e. The maximum Gasteiger partial charge on any atom is 0.335 e. The van der Waals surface area contributed by atoms with E-state index in [0.717, 1.165) is 17.1 Å². The van der Waals surface area contributed by atoms with Gasteiger partial charge in [0.25, 0.3) is 0 Å². The number of imidazole rings is 1. The number of carboxylic acid groups (broad SMARTS) is 1. The zero-order valence-corrected chi connectivity index (χ0v) is 11.5. The number of nitrogens with zero attached hydrogens (tertiary/aromatic N) is 2. The molecule has 1 aromatic heterocycles. The molecular formula is C16H14N2O3. The van der Waals surface area contributed by atoms with Gasteiger partial charge >= 0.3 is 5.97 Å². The molecule has 5 heteroatoms. The van der Waals surface area contributed by atoms with E-state index in [1.54, 1.807) is 18.2 Å². The Morgan fingerprint density at radius 3 is 2.71 bits per heavy atom. The minimum absolute atomic E-state index is 0.233. The van der Waals surface area contributed by atoms with E-state index in [1.807, 2.05) is 41.9 Å². The first-order valence-electron chi connectivity index (χ1n) is 6.51. The molecule has 0 atom stereocenters. The third kappa shape index (κ3) is 2.58. The normalized spacial score (nSPS) is 10.7. The van der Waals surface area contributed by atoms with Gasteiger partial charge in [0.05, 0.1) is 16.6 Å². The molecule has 21 heavy (non-hydrogen) atoms. The molecule has 2 aromatic carbocycles. The number of hydrogen-bond donors (Lipinski definition) is 1. The molecule has 0 saturated heterocycles. The molecule has 5 nitrogen and oxygen atoms in total. The third-order valence-electron chi connectivity index (χ3n) is 3.33. The fourth-order valence-corrected chi connectivity index (χ4v) is 2.18. The summed E-state index contributed by atoms with van der Waals surface area (Å²) in [6, 6.07) is 14.4. The van der Waals surface area contributed by atoms with Crippen LogP contribution in [0.5, 0.6) is 5.75 Å². The lowest BCUT2D eigenvalue weighted by molar-refractivity contribution is 0.0697. The van der Waals surface area contributed by atoms with Gasteiger partial charge in [0, 0.05) is 7.05 Å². The smallest absolute Gasteiger partial charge is 0.335 e. The Kier molecular flexibility index (Phi) is 3.31. The third-order valence-corrected chi connectivity index (χ3v) is 3.33. The zero-order chi connectivity index (χ0) is 14.8. The molecule has 0 aliphatic rings. The number of carbonyl (C=O) groups is 1. The number of ether oxygens (including phenoxy) is 1. The lowest BCUT2D eigenvalue weighted by Crippen LogP contribution is -2.03. The number of rotatable bonds is 4. The van der Waals surface area contributed by atoms with Gasteiger partial charge in [0.15, 0.2) is 0 Å². The van der Waals surface area contributed by atoms with Crippen LogP contribution in [0, 0.1) is 0 Å². The number of aromatic nitrogens is 2. The number of fused-ring (bicyclic) bond motifs is 1. The van der Waals surface area contributed by atoms with Gasteiger partial charge in [-0.05, 0) is 30.3 Å². The monoisotopic (exact) mass is 282 g/mol. The van der Waals surface area contributed by atoms with Crippen molar-refractivity contribution in [3.8, 4) is 5.75 Å². The van der Waals surface area contributed by atoms with Crippen molar-refractivity contribution in [2.24, 2.45) is 7.05 Å². The highest BCUT2D eigenvalue weighted by Crippen LogP contribution is 2.18. The molecule has 0 bridgehead atoms. The molecule has 0 spiro atoms. The first-order valence-corrected chi connectivity index (χ1v) is 6.51. The fraction of sp³-hybridized carbons (Fsp3) is 0.125. The second-order valence-electron chi connectivity index (χ2n) is 4.70. The van der Waals surface area contributed by atoms with Crippen LogP contribution in [0.15, 0.2) is 48.5 Å². The summed E-state index contributed by atoms with van der Waals surface area (Å²) in [5, 5.41) is 9.01. The van der Waals surface area contributed by atoms with E-state index in [2.05, 4.69) is 4.98 Å². The summed E-state index contributed by atoms with van der Waals surface area (Å²) in [5.41, 5.74) is 1.77. The lowest BCUT2D eigenvalue weighted by Gasteiger charge is -2.05. The molecule has 3 aromatic rings. The van der Waals surface area contributed by atoms with Crippen molar-refractivity contribution in [1.29, 1.82) is 0 Å². The van der Waals surface area contributed by atoms with Crippen molar-refractivity contribution in [1.82, 2.24) is 9.55 Å². The van der Waals surface area contributed by atoms with Crippen LogP contribution >= 0.6 is 0 Å². The minimum atomic E-state index is -0.954. The van der Waals surface area contributed by atoms with Crippen LogP contribution in [0.1, 0.15) is 16.2 Å². The average molecular weight is 282 g/mol. The summed E-state index contributed by atoms with van der Waals surface area (Å²) < 4.78 is 7.59. The first kappa shape index (κ1) is 13.2. The number of para-hydroxylation sites is 1. The van der Waals surface area contributed by atoms with Gasteiger partial charge in [-0.15, -0.1) is 0 Å². The van der Waals surface area contributed by atoms with Crippen LogP contribution in [-0.2, 0) is 13.7 Å². The predicted molar refractivity (Wildman–Crippen MR) is 78.4 cm³/mol. The Labute approximate surface area is 121 Å². The number of aromatic carboxylic acids is 1. The number of hydrogen-bond acceptors (Lipinski definition) is 3. The lowest BCUT2D eigenvalue weighted by atomic mass is 10.2. The highest BCUT2D eigenvalue weighted by Gasteiger charge is 2.11. The first-order chi connectivity index (χ1) is 10.1. The van der Waals surface area contributed by atoms with Gasteiger partial charge in [0.2, 0.25) is 0 Å². The molecular weight excluding hydrogens is 268 g/mol. The van der Waals surface area contributed by atoms with E-state index in [9.17, 15) is 4.79 Å². The van der Waals surface area contributed by atoms with Gasteiger partial charge in [0.1, 0.15) is 18.2 Å². The van der Waals surface area contributed by atoms with Crippen molar-refractivity contribution in [3.05, 3.63) is 59.9 Å². The molecule has 3 rings (SSSR count). The topological polar surface area (TPSA) is 64.4 Å². The van der Waals surface area contributed by atoms with Gasteiger partial charge < -0.3 is 14.4 Å². The summed E-state index contributed by atoms with van der Waals surface area (Å²) >= 11 is 0. The molecule has 0 radical (unpaired) electrons. The van der Waals surface area contributed by atoms with Crippen molar-refractivity contribution >= 4 is 17.0 Å². The number of benzene rings is 2. The fourth-order valence-electron chi connectivity index (χ4n) is 2.18. The van der Waals surface area contributed by atoms with Crippen LogP contribution in [0.4, 0.5) is 0 Å². The molecule has 0 unspecified atom stereocenters. The second-order valence-corrected chi connectivity index (χ2v) is 4.70. The molecule has 0 amide bonds. The summed E-state index contributed by atoms with van der Waals surface area (Å²) in [6.07, 6.45) is 0. The molecule has 1 N–H and O–H groups in total. The maximum absolute atomic E-state index is 11.0. The largest absolute Gasteiger partial charge is 0.486 e. The van der Waals surface area contributed by atoms with Crippen LogP contribution in [-0.4, -0.2) is 20.6 Å². The van der Waals surface area contributed by atoms with Gasteiger partial charge in [-0.3, -0.25) is 0 Å². The summed E-state index contributed by atoms with van der Waals surface area (Å²) in [7, 11) is 1.89. The summed E-state index contributed by atoms with van der Waals surface area (Å²) in [6.45, 7) is 0.331. The zero-order valence-electron chi connectivity index (χ0n) is 11.5. The quantitative estimate of drug-likeness (QED) is 0.799. The summed E-state index contributed by atoms with van der Waals surface area (Å²) in [4.78, 5) is 15.4. The van der Waals surface area contributed by atoms with E-state index in [-0.39, 0.29) is 5.56 Å². The molecule has 0 aliphatic carbocycles. The van der Waals surface area contributed by atoms with E-state index in [0.29, 0.717) is 12.1 Å². The molecule has 0 saturated carbocycles. The standard InChI is InChI=1S/C16H14N2O3/c1-18-14-8-7-11(16(19)20)9-13(14)17-15(18)10-21-12-5-3-2-4-6-12/h2-9H,10H2,1H3,(H,19,20). The van der Waals surface area contributed by atoms with Crippen LogP contribution in [0.3, 0.4) is 0 Å². The van der Waals surface area contributed by atoms with E-state index >= 15 is 0 Å². The van der Waals surface area contributed by atoms with E-state index < -0.39 is 5.97 Å². The average Bonchev–Trinajstić information content (AvgIpc) is 2.82. The highest BCUT2D eigenvalue weighted by atomic mass is 16.5. The maximum atomic E-state index is 11.0. The van der Waals surface area contributed by atoms with Crippen LogP contribution in [0.2, 0.25) is 0 Å². The second kappa shape index (κ2) is 5.28. The Hall–Kier alpha value is -2.82.